The van der Waals surface area contributed by atoms with E-state index in [2.05, 4.69) is 4.98 Å². The number of piperidine rings is 2. The molecule has 1 aromatic heterocycles. The Bertz CT molecular complexity index is 1050. The fourth-order valence-corrected chi connectivity index (χ4v) is 5.48. The van der Waals surface area contributed by atoms with Gasteiger partial charge < -0.3 is 19.7 Å². The van der Waals surface area contributed by atoms with Crippen LogP contribution in [0.25, 0.3) is 0 Å². The van der Waals surface area contributed by atoms with Crippen LogP contribution in [0.3, 0.4) is 0 Å². The molecule has 0 spiro atoms. The third-order valence-corrected chi connectivity index (χ3v) is 7.93. The van der Waals surface area contributed by atoms with Gasteiger partial charge in [-0.25, -0.2) is 0 Å². The van der Waals surface area contributed by atoms with Gasteiger partial charge >= 0.3 is 0 Å². The van der Waals surface area contributed by atoms with Crippen molar-refractivity contribution >= 4 is 40.9 Å². The van der Waals surface area contributed by atoms with Crippen LogP contribution in [-0.2, 0) is 9.59 Å². The lowest BCUT2D eigenvalue weighted by atomic mass is 9.84. The van der Waals surface area contributed by atoms with Crippen LogP contribution < -0.4 is 0 Å². The number of carbonyl (C=O) groups excluding carboxylic acids is 3. The number of halogens is 2. The van der Waals surface area contributed by atoms with E-state index in [1.54, 1.807) is 41.1 Å². The number of H-pyrrole nitrogens is 1. The van der Waals surface area contributed by atoms with Gasteiger partial charge in [0.25, 0.3) is 5.91 Å². The number of aromatic nitrogens is 1. The molecule has 1 aromatic carbocycles. The summed E-state index contributed by atoms with van der Waals surface area (Å²) in [6.07, 6.45) is 3.75. The third-order valence-electron chi connectivity index (χ3n) is 7.20. The van der Waals surface area contributed by atoms with Crippen LogP contribution in [0.5, 0.6) is 0 Å². The summed E-state index contributed by atoms with van der Waals surface area (Å²) < 4.78 is 0. The summed E-state index contributed by atoms with van der Waals surface area (Å²) in [5, 5.41) is 0.926. The number of amides is 3. The fourth-order valence-electron chi connectivity index (χ4n) is 5.18. The molecule has 0 radical (unpaired) electrons. The van der Waals surface area contributed by atoms with E-state index in [-0.39, 0.29) is 35.6 Å². The number of likely N-dealkylation sites (N-methyl/N-ethyl adjacent to an activating group) is 1. The minimum atomic E-state index is -0.103. The average Bonchev–Trinajstić information content (AvgIpc) is 3.39. The molecule has 7 nitrogen and oxygen atoms in total. The van der Waals surface area contributed by atoms with Crippen molar-refractivity contribution in [3.63, 3.8) is 0 Å². The summed E-state index contributed by atoms with van der Waals surface area (Å²) in [4.78, 5) is 46.6. The summed E-state index contributed by atoms with van der Waals surface area (Å²) in [5.41, 5.74) is 1.49. The Morgan fingerprint density at radius 1 is 1.00 bits per heavy atom. The van der Waals surface area contributed by atoms with Crippen LogP contribution in [-0.4, -0.2) is 76.7 Å². The molecule has 9 heteroatoms. The van der Waals surface area contributed by atoms with E-state index in [1.165, 1.54) is 0 Å². The normalized spacial score (nSPS) is 21.4. The first-order valence-corrected chi connectivity index (χ1v) is 12.4. The van der Waals surface area contributed by atoms with Gasteiger partial charge in [0.2, 0.25) is 11.8 Å². The van der Waals surface area contributed by atoms with E-state index in [9.17, 15) is 14.4 Å². The zero-order valence-electron chi connectivity index (χ0n) is 19.5. The van der Waals surface area contributed by atoms with Crippen molar-refractivity contribution in [2.45, 2.75) is 38.1 Å². The highest BCUT2D eigenvalue weighted by Crippen LogP contribution is 2.35. The SMILES string of the molecule is CC(=O)N1CCC(C(=O)N2CC[C@@H](N(C)C(=O)c3ccc[nH]3)[C@H](c3ccc(Cl)c(Cl)c3)C2)CC1. The molecule has 2 aromatic rings. The molecule has 1 N–H and O–H groups in total. The molecule has 2 saturated heterocycles. The zero-order valence-corrected chi connectivity index (χ0v) is 21.0. The van der Waals surface area contributed by atoms with Gasteiger partial charge in [-0.3, -0.25) is 14.4 Å². The van der Waals surface area contributed by atoms with Crippen molar-refractivity contribution in [2.75, 3.05) is 33.2 Å². The van der Waals surface area contributed by atoms with Gasteiger partial charge in [-0.1, -0.05) is 29.3 Å². The molecule has 34 heavy (non-hydrogen) atoms. The predicted molar refractivity (Wildman–Crippen MR) is 132 cm³/mol. The van der Waals surface area contributed by atoms with Crippen molar-refractivity contribution in [1.82, 2.24) is 19.7 Å². The lowest BCUT2D eigenvalue weighted by Crippen LogP contribution is -2.53. The molecule has 4 rings (SSSR count). The van der Waals surface area contributed by atoms with Crippen molar-refractivity contribution in [2.24, 2.45) is 5.92 Å². The Kier molecular flexibility index (Phi) is 7.53. The second-order valence-corrected chi connectivity index (χ2v) is 10.0. The number of hydrogen-bond donors (Lipinski definition) is 1. The predicted octanol–water partition coefficient (Wildman–Crippen LogP) is 4.04. The maximum Gasteiger partial charge on any atom is 0.270 e. The second-order valence-electron chi connectivity index (χ2n) is 9.20. The molecule has 0 saturated carbocycles. The largest absolute Gasteiger partial charge is 0.357 e. The smallest absolute Gasteiger partial charge is 0.270 e. The lowest BCUT2D eigenvalue weighted by molar-refractivity contribution is -0.141. The van der Waals surface area contributed by atoms with E-state index in [0.29, 0.717) is 61.2 Å². The van der Waals surface area contributed by atoms with E-state index in [0.717, 1.165) is 5.56 Å². The molecule has 3 heterocycles. The van der Waals surface area contributed by atoms with E-state index in [4.69, 9.17) is 23.2 Å². The third kappa shape index (κ3) is 5.10. The summed E-state index contributed by atoms with van der Waals surface area (Å²) >= 11 is 12.5. The minimum absolute atomic E-state index is 0.0566. The lowest BCUT2D eigenvalue weighted by Gasteiger charge is -2.44. The number of aromatic amines is 1. The number of hydrogen-bond acceptors (Lipinski definition) is 3. The summed E-state index contributed by atoms with van der Waals surface area (Å²) in [5.74, 6) is -0.0868. The quantitative estimate of drug-likeness (QED) is 0.682. The summed E-state index contributed by atoms with van der Waals surface area (Å²) in [6, 6.07) is 9.00. The molecule has 2 aliphatic heterocycles. The van der Waals surface area contributed by atoms with Gasteiger partial charge in [0.1, 0.15) is 5.69 Å². The highest BCUT2D eigenvalue weighted by atomic mass is 35.5. The summed E-state index contributed by atoms with van der Waals surface area (Å²) in [7, 11) is 1.81. The molecule has 0 aliphatic carbocycles. The Morgan fingerprint density at radius 3 is 2.32 bits per heavy atom. The average molecular weight is 505 g/mol. The molecule has 2 fully saturated rings. The van der Waals surface area contributed by atoms with Gasteiger partial charge in [0, 0.05) is 64.2 Å². The Balaban J connectivity index is 1.54. The highest BCUT2D eigenvalue weighted by Gasteiger charge is 2.39. The van der Waals surface area contributed by atoms with Crippen LogP contribution in [0.1, 0.15) is 48.2 Å². The van der Waals surface area contributed by atoms with Crippen LogP contribution >= 0.6 is 23.2 Å². The maximum absolute atomic E-state index is 13.4. The van der Waals surface area contributed by atoms with Crippen LogP contribution in [0.4, 0.5) is 0 Å². The first-order chi connectivity index (χ1) is 16.3. The topological polar surface area (TPSA) is 76.7 Å². The minimum Gasteiger partial charge on any atom is -0.357 e. The van der Waals surface area contributed by atoms with Gasteiger partial charge in [0.15, 0.2) is 0 Å². The number of nitrogens with one attached hydrogen (secondary N) is 1. The summed E-state index contributed by atoms with van der Waals surface area (Å²) in [6.45, 7) is 3.88. The van der Waals surface area contributed by atoms with E-state index in [1.807, 2.05) is 24.1 Å². The van der Waals surface area contributed by atoms with E-state index < -0.39 is 0 Å². The van der Waals surface area contributed by atoms with Crippen molar-refractivity contribution < 1.29 is 14.4 Å². The molecule has 2 atom stereocenters. The first kappa shape index (κ1) is 24.6. The molecular weight excluding hydrogens is 475 g/mol. The molecule has 182 valence electrons. The fraction of sp³-hybridized carbons (Fsp3) is 0.480. The molecule has 0 bridgehead atoms. The second kappa shape index (κ2) is 10.4. The van der Waals surface area contributed by atoms with Gasteiger partial charge in [-0.2, -0.15) is 0 Å². The van der Waals surface area contributed by atoms with Crippen molar-refractivity contribution in [1.29, 1.82) is 0 Å². The van der Waals surface area contributed by atoms with E-state index >= 15 is 0 Å². The zero-order chi connectivity index (χ0) is 24.4. The van der Waals surface area contributed by atoms with Gasteiger partial charge in [-0.15, -0.1) is 0 Å². The number of benzene rings is 1. The highest BCUT2D eigenvalue weighted by molar-refractivity contribution is 6.42. The maximum atomic E-state index is 13.4. The van der Waals surface area contributed by atoms with Gasteiger partial charge in [0.05, 0.1) is 10.0 Å². The molecule has 2 aliphatic rings. The molecule has 3 amide bonds. The number of carbonyl (C=O) groups is 3. The number of likely N-dealkylation sites (tertiary alicyclic amines) is 2. The monoisotopic (exact) mass is 504 g/mol. The van der Waals surface area contributed by atoms with Crippen LogP contribution in [0, 0.1) is 5.92 Å². The Morgan fingerprint density at radius 2 is 1.71 bits per heavy atom. The molecule has 0 unspecified atom stereocenters. The van der Waals surface area contributed by atoms with Crippen molar-refractivity contribution in [3.05, 3.63) is 57.8 Å². The molecular formula is C25H30Cl2N4O3. The number of rotatable bonds is 4. The number of nitrogens with zero attached hydrogens (tertiary/aromatic N) is 3. The Hall–Kier alpha value is -2.51. The van der Waals surface area contributed by atoms with Crippen LogP contribution in [0.2, 0.25) is 10.0 Å². The van der Waals surface area contributed by atoms with Crippen molar-refractivity contribution in [3.8, 4) is 0 Å². The Labute approximate surface area is 210 Å². The standard InChI is InChI=1S/C25H30Cl2N4O3/c1-16(32)30-11-7-17(8-12-30)24(33)31-13-9-23(29(2)25(34)22-4-3-10-28-22)19(15-31)18-5-6-20(26)21(27)14-18/h3-6,10,14,17,19,23,28H,7-9,11-13,15H2,1-2H3/t19-,23+/m0/s1. The van der Waals surface area contributed by atoms with Gasteiger partial charge in [-0.05, 0) is 49.1 Å². The first-order valence-electron chi connectivity index (χ1n) is 11.7. The van der Waals surface area contributed by atoms with Crippen LogP contribution in [0.15, 0.2) is 36.5 Å².